The molecule has 1 aliphatic rings. The highest BCUT2D eigenvalue weighted by Gasteiger charge is 2.31. The average molecular weight is 320 g/mol. The minimum atomic E-state index is -0.981. The summed E-state index contributed by atoms with van der Waals surface area (Å²) in [6.45, 7) is 3.37. The number of carbonyl (C=O) groups is 3. The first-order chi connectivity index (χ1) is 10.9. The molecule has 2 amide bonds. The number of aryl methyl sites for hydroxylation is 1. The van der Waals surface area contributed by atoms with Crippen molar-refractivity contribution in [3.05, 3.63) is 23.8 Å². The number of ether oxygens (including phenoxy) is 2. The van der Waals surface area contributed by atoms with Gasteiger partial charge < -0.3 is 20.1 Å². The smallest absolute Gasteiger partial charge is 0.329 e. The fraction of sp³-hybridized carbons (Fsp3) is 0.438. The Morgan fingerprint density at radius 2 is 2.13 bits per heavy atom. The molecule has 0 bridgehead atoms. The maximum atomic E-state index is 12.2. The summed E-state index contributed by atoms with van der Waals surface area (Å²) < 4.78 is 10.3. The number of rotatable bonds is 5. The lowest BCUT2D eigenvalue weighted by Gasteiger charge is -2.17. The van der Waals surface area contributed by atoms with Crippen LogP contribution in [-0.2, 0) is 19.1 Å². The summed E-state index contributed by atoms with van der Waals surface area (Å²) in [7, 11) is 1.51. The van der Waals surface area contributed by atoms with E-state index in [1.807, 2.05) is 13.0 Å². The molecule has 0 radical (unpaired) electrons. The summed E-state index contributed by atoms with van der Waals surface area (Å²) in [5.41, 5.74) is 1.47. The molecule has 7 heteroatoms. The van der Waals surface area contributed by atoms with E-state index in [2.05, 4.69) is 10.6 Å². The molecule has 0 aromatic heterocycles. The van der Waals surface area contributed by atoms with Crippen molar-refractivity contribution in [3.63, 3.8) is 0 Å². The summed E-state index contributed by atoms with van der Waals surface area (Å²) in [6.07, 6.45) is -0.302. The monoisotopic (exact) mass is 320 g/mol. The van der Waals surface area contributed by atoms with Gasteiger partial charge in [0.05, 0.1) is 12.8 Å². The first-order valence-corrected chi connectivity index (χ1v) is 7.36. The minimum Gasteiger partial charge on any atom is -0.495 e. The summed E-state index contributed by atoms with van der Waals surface area (Å²) in [4.78, 5) is 35.2. The van der Waals surface area contributed by atoms with Crippen LogP contribution in [0.3, 0.4) is 0 Å². The van der Waals surface area contributed by atoms with Crippen molar-refractivity contribution in [2.45, 2.75) is 38.8 Å². The molecule has 2 rings (SSSR count). The van der Waals surface area contributed by atoms with Gasteiger partial charge in [-0.1, -0.05) is 6.07 Å². The number of hydrogen-bond acceptors (Lipinski definition) is 5. The largest absolute Gasteiger partial charge is 0.495 e. The number of esters is 1. The third-order valence-corrected chi connectivity index (χ3v) is 3.55. The van der Waals surface area contributed by atoms with E-state index in [0.29, 0.717) is 24.3 Å². The second-order valence-electron chi connectivity index (χ2n) is 5.43. The predicted octanol–water partition coefficient (Wildman–Crippen LogP) is 1.15. The van der Waals surface area contributed by atoms with Gasteiger partial charge in [0.25, 0.3) is 5.91 Å². The highest BCUT2D eigenvalue weighted by Crippen LogP contribution is 2.25. The third-order valence-electron chi connectivity index (χ3n) is 3.55. The molecular formula is C16H20N2O5. The molecule has 0 aliphatic carbocycles. The molecule has 0 unspecified atom stereocenters. The van der Waals surface area contributed by atoms with E-state index >= 15 is 0 Å². The molecule has 23 heavy (non-hydrogen) atoms. The summed E-state index contributed by atoms with van der Waals surface area (Å²) >= 11 is 0. The minimum absolute atomic E-state index is 0.187. The fourth-order valence-electron chi connectivity index (χ4n) is 2.25. The topological polar surface area (TPSA) is 93.7 Å². The average Bonchev–Trinajstić information content (AvgIpc) is 2.94. The van der Waals surface area contributed by atoms with Crippen molar-refractivity contribution >= 4 is 23.5 Å². The maximum absolute atomic E-state index is 12.2. The van der Waals surface area contributed by atoms with Gasteiger partial charge >= 0.3 is 5.97 Å². The van der Waals surface area contributed by atoms with Gasteiger partial charge in [-0.3, -0.25) is 9.59 Å². The molecule has 1 aromatic rings. The van der Waals surface area contributed by atoms with Crippen molar-refractivity contribution in [3.8, 4) is 5.75 Å². The van der Waals surface area contributed by atoms with Crippen LogP contribution < -0.4 is 15.4 Å². The number of methoxy groups -OCH3 is 1. The zero-order valence-electron chi connectivity index (χ0n) is 13.3. The molecule has 1 saturated heterocycles. The third kappa shape index (κ3) is 4.21. The van der Waals surface area contributed by atoms with Gasteiger partial charge in [0.2, 0.25) is 5.91 Å². The zero-order chi connectivity index (χ0) is 17.0. The van der Waals surface area contributed by atoms with E-state index < -0.39 is 24.0 Å². The quantitative estimate of drug-likeness (QED) is 0.794. The Bertz CT molecular complexity index is 629. The van der Waals surface area contributed by atoms with Crippen LogP contribution in [0.15, 0.2) is 18.2 Å². The number of anilines is 1. The van der Waals surface area contributed by atoms with Crippen molar-refractivity contribution in [2.75, 3.05) is 12.4 Å². The number of amides is 2. The van der Waals surface area contributed by atoms with E-state index in [-0.39, 0.29) is 5.91 Å². The van der Waals surface area contributed by atoms with Crippen LogP contribution in [0.4, 0.5) is 5.69 Å². The van der Waals surface area contributed by atoms with Crippen molar-refractivity contribution in [1.29, 1.82) is 0 Å². The lowest BCUT2D eigenvalue weighted by Crippen LogP contribution is -2.39. The lowest BCUT2D eigenvalue weighted by molar-refractivity contribution is -0.155. The molecule has 2 atom stereocenters. The van der Waals surface area contributed by atoms with Crippen molar-refractivity contribution in [2.24, 2.45) is 0 Å². The van der Waals surface area contributed by atoms with Gasteiger partial charge in [0.1, 0.15) is 11.8 Å². The Kier molecular flexibility index (Phi) is 5.20. The predicted molar refractivity (Wildman–Crippen MR) is 83.1 cm³/mol. The van der Waals surface area contributed by atoms with Gasteiger partial charge in [0.15, 0.2) is 6.10 Å². The maximum Gasteiger partial charge on any atom is 0.329 e. The highest BCUT2D eigenvalue weighted by atomic mass is 16.5. The normalized spacial score (nSPS) is 18.0. The van der Waals surface area contributed by atoms with Crippen molar-refractivity contribution < 1.29 is 23.9 Å². The van der Waals surface area contributed by atoms with E-state index in [0.717, 1.165) is 5.56 Å². The Labute approximate surface area is 134 Å². The number of carbonyl (C=O) groups excluding carboxylic acids is 3. The Hall–Kier alpha value is -2.57. The van der Waals surface area contributed by atoms with Crippen LogP contribution in [0.25, 0.3) is 0 Å². The summed E-state index contributed by atoms with van der Waals surface area (Å²) in [6, 6.07) is 4.70. The first kappa shape index (κ1) is 16.8. The van der Waals surface area contributed by atoms with Crippen LogP contribution in [0.5, 0.6) is 5.75 Å². The van der Waals surface area contributed by atoms with Crippen LogP contribution in [0.2, 0.25) is 0 Å². The van der Waals surface area contributed by atoms with Gasteiger partial charge in [-0.05, 0) is 38.0 Å². The highest BCUT2D eigenvalue weighted by molar-refractivity contribution is 5.97. The molecular weight excluding hydrogens is 300 g/mol. The standard InChI is InChI=1S/C16H20N2O5/c1-9-4-6-13(22-3)12(8-9)18-15(20)10(2)23-16(21)11-5-7-14(19)17-11/h4,6,8,10-11H,5,7H2,1-3H3,(H,17,19)(H,18,20)/t10-,11-/m0/s1. The molecule has 1 fully saturated rings. The number of nitrogens with one attached hydrogen (secondary N) is 2. The van der Waals surface area contributed by atoms with Gasteiger partial charge in [-0.15, -0.1) is 0 Å². The van der Waals surface area contributed by atoms with Crippen LogP contribution >= 0.6 is 0 Å². The Balaban J connectivity index is 1.96. The molecule has 1 heterocycles. The van der Waals surface area contributed by atoms with Gasteiger partial charge in [-0.25, -0.2) is 4.79 Å². The fourth-order valence-corrected chi connectivity index (χ4v) is 2.25. The van der Waals surface area contributed by atoms with E-state index in [1.165, 1.54) is 14.0 Å². The second kappa shape index (κ2) is 7.13. The zero-order valence-corrected chi connectivity index (χ0v) is 13.3. The van der Waals surface area contributed by atoms with E-state index in [1.54, 1.807) is 12.1 Å². The molecule has 1 aliphatic heterocycles. The molecule has 7 nitrogen and oxygen atoms in total. The van der Waals surface area contributed by atoms with Gasteiger partial charge in [-0.2, -0.15) is 0 Å². The van der Waals surface area contributed by atoms with E-state index in [9.17, 15) is 14.4 Å². The van der Waals surface area contributed by atoms with Crippen LogP contribution in [0.1, 0.15) is 25.3 Å². The van der Waals surface area contributed by atoms with Gasteiger partial charge in [0, 0.05) is 6.42 Å². The molecule has 2 N–H and O–H groups in total. The van der Waals surface area contributed by atoms with Crippen LogP contribution in [0, 0.1) is 6.92 Å². The second-order valence-corrected chi connectivity index (χ2v) is 5.43. The van der Waals surface area contributed by atoms with E-state index in [4.69, 9.17) is 9.47 Å². The summed E-state index contributed by atoms with van der Waals surface area (Å²) in [5, 5.41) is 5.19. The summed E-state index contributed by atoms with van der Waals surface area (Å²) in [5.74, 6) is -0.736. The lowest BCUT2D eigenvalue weighted by atomic mass is 10.2. The molecule has 0 spiro atoms. The van der Waals surface area contributed by atoms with Crippen molar-refractivity contribution in [1.82, 2.24) is 5.32 Å². The number of hydrogen-bond donors (Lipinski definition) is 2. The molecule has 1 aromatic carbocycles. The molecule has 124 valence electrons. The number of benzene rings is 1. The SMILES string of the molecule is COc1ccc(C)cc1NC(=O)[C@H](C)OC(=O)[C@@H]1CCC(=O)N1. The Morgan fingerprint density at radius 3 is 2.74 bits per heavy atom. The Morgan fingerprint density at radius 1 is 1.39 bits per heavy atom. The van der Waals surface area contributed by atoms with Crippen LogP contribution in [-0.4, -0.2) is 37.0 Å². The first-order valence-electron chi connectivity index (χ1n) is 7.36. The molecule has 0 saturated carbocycles.